The van der Waals surface area contributed by atoms with E-state index in [9.17, 15) is 18.8 Å². The quantitative estimate of drug-likeness (QED) is 0.608. The SMILES string of the molecule is O=C(CCN1C(=O)c2ccccc2C1=O)NCCOc1ccc(F)cc1. The number of hydrogen-bond acceptors (Lipinski definition) is 4. The number of ether oxygens (including phenoxy) is 1. The molecule has 0 atom stereocenters. The van der Waals surface area contributed by atoms with Crippen LogP contribution < -0.4 is 10.1 Å². The van der Waals surface area contributed by atoms with Crippen molar-refractivity contribution in [3.8, 4) is 5.75 Å². The molecule has 1 heterocycles. The molecule has 6 nitrogen and oxygen atoms in total. The summed E-state index contributed by atoms with van der Waals surface area (Å²) in [4.78, 5) is 37.3. The van der Waals surface area contributed by atoms with Gasteiger partial charge in [-0.1, -0.05) is 12.1 Å². The molecule has 2 aromatic carbocycles. The van der Waals surface area contributed by atoms with Crippen molar-refractivity contribution in [1.29, 1.82) is 0 Å². The van der Waals surface area contributed by atoms with Gasteiger partial charge in [0.1, 0.15) is 18.2 Å². The fourth-order valence-electron chi connectivity index (χ4n) is 2.63. The number of rotatable bonds is 7. The van der Waals surface area contributed by atoms with E-state index in [0.717, 1.165) is 4.90 Å². The minimum atomic E-state index is -0.377. The number of carbonyl (C=O) groups excluding carboxylic acids is 3. The zero-order valence-corrected chi connectivity index (χ0v) is 13.9. The second-order valence-electron chi connectivity index (χ2n) is 5.71. The van der Waals surface area contributed by atoms with E-state index in [2.05, 4.69) is 5.32 Å². The molecule has 1 N–H and O–H groups in total. The Morgan fingerprint density at radius 2 is 1.62 bits per heavy atom. The molecule has 0 aliphatic carbocycles. The molecule has 0 radical (unpaired) electrons. The Morgan fingerprint density at radius 1 is 1.00 bits per heavy atom. The number of carbonyl (C=O) groups is 3. The monoisotopic (exact) mass is 356 g/mol. The van der Waals surface area contributed by atoms with Gasteiger partial charge >= 0.3 is 0 Å². The lowest BCUT2D eigenvalue weighted by molar-refractivity contribution is -0.121. The maximum atomic E-state index is 12.8. The van der Waals surface area contributed by atoms with Gasteiger partial charge in [0.25, 0.3) is 11.8 Å². The van der Waals surface area contributed by atoms with Crippen molar-refractivity contribution in [2.45, 2.75) is 6.42 Å². The number of nitrogens with zero attached hydrogens (tertiary/aromatic N) is 1. The lowest BCUT2D eigenvalue weighted by Crippen LogP contribution is -2.35. The third-order valence-electron chi connectivity index (χ3n) is 3.95. The van der Waals surface area contributed by atoms with E-state index in [4.69, 9.17) is 4.74 Å². The average Bonchev–Trinajstić information content (AvgIpc) is 2.89. The summed E-state index contributed by atoms with van der Waals surface area (Å²) in [5.41, 5.74) is 0.733. The van der Waals surface area contributed by atoms with Gasteiger partial charge in [-0.2, -0.15) is 0 Å². The Hall–Kier alpha value is -3.22. The third-order valence-corrected chi connectivity index (χ3v) is 3.95. The number of amides is 3. The molecule has 0 spiro atoms. The van der Waals surface area contributed by atoms with Crippen LogP contribution in [0.25, 0.3) is 0 Å². The first kappa shape index (κ1) is 17.6. The van der Waals surface area contributed by atoms with Crippen LogP contribution in [0.15, 0.2) is 48.5 Å². The van der Waals surface area contributed by atoms with Crippen LogP contribution in [0.5, 0.6) is 5.75 Å². The van der Waals surface area contributed by atoms with Crippen molar-refractivity contribution < 1.29 is 23.5 Å². The summed E-state index contributed by atoms with van der Waals surface area (Å²) < 4.78 is 18.1. The molecule has 26 heavy (non-hydrogen) atoms. The highest BCUT2D eigenvalue weighted by atomic mass is 19.1. The van der Waals surface area contributed by atoms with Crippen LogP contribution in [0, 0.1) is 5.82 Å². The fraction of sp³-hybridized carbons (Fsp3) is 0.211. The summed E-state index contributed by atoms with van der Waals surface area (Å²) in [6, 6.07) is 12.2. The highest BCUT2D eigenvalue weighted by Crippen LogP contribution is 2.22. The molecule has 3 amide bonds. The van der Waals surface area contributed by atoms with Crippen molar-refractivity contribution in [2.75, 3.05) is 19.7 Å². The Morgan fingerprint density at radius 3 is 2.23 bits per heavy atom. The maximum absolute atomic E-state index is 12.8. The van der Waals surface area contributed by atoms with Crippen molar-refractivity contribution in [3.63, 3.8) is 0 Å². The number of nitrogens with one attached hydrogen (secondary N) is 1. The normalized spacial score (nSPS) is 12.9. The second kappa shape index (κ2) is 7.77. The molecule has 7 heteroatoms. The Kier molecular flexibility index (Phi) is 5.26. The van der Waals surface area contributed by atoms with Crippen LogP contribution in [0.2, 0.25) is 0 Å². The number of hydrogen-bond donors (Lipinski definition) is 1. The molecule has 2 aromatic rings. The minimum absolute atomic E-state index is 0.0159. The topological polar surface area (TPSA) is 75.7 Å². The van der Waals surface area contributed by atoms with E-state index < -0.39 is 0 Å². The molecular weight excluding hydrogens is 339 g/mol. The first-order chi connectivity index (χ1) is 12.6. The van der Waals surface area contributed by atoms with Gasteiger partial charge in [0.2, 0.25) is 5.91 Å². The lowest BCUT2D eigenvalue weighted by atomic mass is 10.1. The van der Waals surface area contributed by atoms with Crippen molar-refractivity contribution in [3.05, 3.63) is 65.5 Å². The molecular formula is C19H17FN2O4. The lowest BCUT2D eigenvalue weighted by Gasteiger charge is -2.13. The average molecular weight is 356 g/mol. The fourth-order valence-corrected chi connectivity index (χ4v) is 2.63. The number of halogens is 1. The van der Waals surface area contributed by atoms with E-state index in [1.165, 1.54) is 24.3 Å². The van der Waals surface area contributed by atoms with Gasteiger partial charge in [0.15, 0.2) is 0 Å². The predicted molar refractivity (Wildman–Crippen MR) is 91.3 cm³/mol. The summed E-state index contributed by atoms with van der Waals surface area (Å²) in [5, 5.41) is 2.65. The number of imide groups is 1. The minimum Gasteiger partial charge on any atom is -0.492 e. The third kappa shape index (κ3) is 3.88. The van der Waals surface area contributed by atoms with Gasteiger partial charge < -0.3 is 10.1 Å². The van der Waals surface area contributed by atoms with E-state index in [0.29, 0.717) is 16.9 Å². The Balaban J connectivity index is 1.40. The van der Waals surface area contributed by atoms with Gasteiger partial charge in [-0.05, 0) is 36.4 Å². The summed E-state index contributed by atoms with van der Waals surface area (Å²) >= 11 is 0. The molecule has 0 unspecified atom stereocenters. The van der Waals surface area contributed by atoms with E-state index in [1.54, 1.807) is 24.3 Å². The number of fused-ring (bicyclic) bond motifs is 1. The highest BCUT2D eigenvalue weighted by Gasteiger charge is 2.34. The smallest absolute Gasteiger partial charge is 0.261 e. The largest absolute Gasteiger partial charge is 0.492 e. The number of benzene rings is 2. The van der Waals surface area contributed by atoms with Crippen LogP contribution in [-0.2, 0) is 4.79 Å². The molecule has 0 saturated carbocycles. The summed E-state index contributed by atoms with van der Waals surface area (Å²) in [7, 11) is 0. The maximum Gasteiger partial charge on any atom is 0.261 e. The van der Waals surface area contributed by atoms with Crippen LogP contribution in [0.4, 0.5) is 4.39 Å². The Bertz CT molecular complexity index is 801. The molecule has 0 bridgehead atoms. The molecule has 0 aromatic heterocycles. The van der Waals surface area contributed by atoms with Crippen LogP contribution in [-0.4, -0.2) is 42.3 Å². The van der Waals surface area contributed by atoms with Gasteiger partial charge in [-0.25, -0.2) is 4.39 Å². The van der Waals surface area contributed by atoms with Crippen molar-refractivity contribution >= 4 is 17.7 Å². The van der Waals surface area contributed by atoms with Crippen molar-refractivity contribution in [2.24, 2.45) is 0 Å². The highest BCUT2D eigenvalue weighted by molar-refractivity contribution is 6.21. The molecule has 1 aliphatic heterocycles. The molecule has 134 valence electrons. The first-order valence-electron chi connectivity index (χ1n) is 8.16. The van der Waals surface area contributed by atoms with Crippen LogP contribution >= 0.6 is 0 Å². The van der Waals surface area contributed by atoms with E-state index in [-0.39, 0.29) is 49.7 Å². The summed E-state index contributed by atoms with van der Waals surface area (Å²) in [5.74, 6) is -0.883. The zero-order chi connectivity index (χ0) is 18.5. The van der Waals surface area contributed by atoms with E-state index in [1.807, 2.05) is 0 Å². The molecule has 0 fully saturated rings. The zero-order valence-electron chi connectivity index (χ0n) is 13.9. The predicted octanol–water partition coefficient (Wildman–Crippen LogP) is 2.01. The van der Waals surface area contributed by atoms with Gasteiger partial charge in [0, 0.05) is 13.0 Å². The standard InChI is InChI=1S/C19H17FN2O4/c20-13-5-7-14(8-6-13)26-12-10-21-17(23)9-11-22-18(24)15-3-1-2-4-16(15)19(22)25/h1-8H,9-12H2,(H,21,23). The Labute approximate surface area is 149 Å². The summed E-state index contributed by atoms with van der Waals surface area (Å²) in [6.07, 6.45) is 0.0159. The van der Waals surface area contributed by atoms with Crippen LogP contribution in [0.3, 0.4) is 0 Å². The van der Waals surface area contributed by atoms with Gasteiger partial charge in [-0.3, -0.25) is 19.3 Å². The van der Waals surface area contributed by atoms with E-state index >= 15 is 0 Å². The molecule has 0 saturated heterocycles. The second-order valence-corrected chi connectivity index (χ2v) is 5.71. The van der Waals surface area contributed by atoms with Gasteiger partial charge in [0.05, 0.1) is 17.7 Å². The molecule has 3 rings (SSSR count). The van der Waals surface area contributed by atoms with Gasteiger partial charge in [-0.15, -0.1) is 0 Å². The molecule has 1 aliphatic rings. The van der Waals surface area contributed by atoms with Crippen molar-refractivity contribution in [1.82, 2.24) is 10.2 Å². The first-order valence-corrected chi connectivity index (χ1v) is 8.16. The summed E-state index contributed by atoms with van der Waals surface area (Å²) in [6.45, 7) is 0.514. The van der Waals surface area contributed by atoms with Crippen LogP contribution in [0.1, 0.15) is 27.1 Å².